The van der Waals surface area contributed by atoms with Crippen LogP contribution in [0.15, 0.2) is 18.3 Å². The van der Waals surface area contributed by atoms with E-state index < -0.39 is 0 Å². The van der Waals surface area contributed by atoms with Crippen LogP contribution in [0.5, 0.6) is 0 Å². The second kappa shape index (κ2) is 7.40. The Balaban J connectivity index is 1.75. The van der Waals surface area contributed by atoms with Gasteiger partial charge in [-0.3, -0.25) is 9.48 Å². The van der Waals surface area contributed by atoms with Crippen molar-refractivity contribution in [1.29, 1.82) is 5.26 Å². The van der Waals surface area contributed by atoms with E-state index in [-0.39, 0.29) is 5.91 Å². The smallest absolute Gasteiger partial charge is 0.224 e. The van der Waals surface area contributed by atoms with Crippen LogP contribution in [0, 0.1) is 25.2 Å². The number of hydrogen-bond donors (Lipinski definition) is 2. The normalized spacial score (nSPS) is 10.2. The summed E-state index contributed by atoms with van der Waals surface area (Å²) < 4.78 is 1.79. The first kappa shape index (κ1) is 16.5. The average molecular weight is 312 g/mol. The Morgan fingerprint density at radius 3 is 2.70 bits per heavy atom. The van der Waals surface area contributed by atoms with E-state index >= 15 is 0 Å². The van der Waals surface area contributed by atoms with Gasteiger partial charge in [0, 0.05) is 37.6 Å². The minimum atomic E-state index is -0.0289. The molecule has 0 bridgehead atoms. The Bertz CT molecular complexity index is 726. The lowest BCUT2D eigenvalue weighted by Gasteiger charge is -2.08. The monoisotopic (exact) mass is 312 g/mol. The number of amides is 1. The zero-order valence-electron chi connectivity index (χ0n) is 13.6. The zero-order valence-corrected chi connectivity index (χ0v) is 13.6. The molecule has 2 aromatic heterocycles. The summed E-state index contributed by atoms with van der Waals surface area (Å²) in [5.41, 5.74) is 3.40. The van der Waals surface area contributed by atoms with Crippen molar-refractivity contribution in [3.8, 4) is 6.07 Å². The van der Waals surface area contributed by atoms with Crippen molar-refractivity contribution in [3.63, 3.8) is 0 Å². The second-order valence-electron chi connectivity index (χ2n) is 5.27. The van der Waals surface area contributed by atoms with Gasteiger partial charge in [-0.15, -0.1) is 0 Å². The van der Waals surface area contributed by atoms with E-state index in [2.05, 4.69) is 20.7 Å². The summed E-state index contributed by atoms with van der Waals surface area (Å²) >= 11 is 0. The average Bonchev–Trinajstić information content (AvgIpc) is 2.78. The number of anilines is 1. The molecule has 0 aromatic carbocycles. The SMILES string of the molecule is Cc1nn(C)c(C)c1CC(=O)NCCNc1ccc(C#N)cn1. The highest BCUT2D eigenvalue weighted by atomic mass is 16.1. The van der Waals surface area contributed by atoms with Crippen LogP contribution in [-0.4, -0.2) is 33.8 Å². The van der Waals surface area contributed by atoms with Crippen LogP contribution in [0.2, 0.25) is 0 Å². The molecule has 0 spiro atoms. The van der Waals surface area contributed by atoms with Crippen LogP contribution in [0.1, 0.15) is 22.5 Å². The molecule has 0 aliphatic heterocycles. The molecule has 0 atom stereocenters. The summed E-state index contributed by atoms with van der Waals surface area (Å²) in [6, 6.07) is 5.45. The Labute approximate surface area is 135 Å². The summed E-state index contributed by atoms with van der Waals surface area (Å²) in [6.07, 6.45) is 1.84. The van der Waals surface area contributed by atoms with E-state index in [1.54, 1.807) is 16.8 Å². The van der Waals surface area contributed by atoms with Crippen molar-refractivity contribution in [2.75, 3.05) is 18.4 Å². The zero-order chi connectivity index (χ0) is 16.8. The van der Waals surface area contributed by atoms with E-state index in [4.69, 9.17) is 5.26 Å². The molecule has 0 unspecified atom stereocenters. The van der Waals surface area contributed by atoms with Crippen LogP contribution in [0.3, 0.4) is 0 Å². The standard InChI is InChI=1S/C16H20N6O/c1-11-14(12(2)22(3)21-11)8-16(23)19-7-6-18-15-5-4-13(9-17)10-20-15/h4-5,10H,6-8H2,1-3H3,(H,18,20)(H,19,23). The van der Waals surface area contributed by atoms with Crippen LogP contribution in [0.4, 0.5) is 5.82 Å². The minimum Gasteiger partial charge on any atom is -0.368 e. The van der Waals surface area contributed by atoms with Gasteiger partial charge in [0.15, 0.2) is 0 Å². The van der Waals surface area contributed by atoms with E-state index in [1.165, 1.54) is 6.20 Å². The molecule has 2 N–H and O–H groups in total. The molecule has 120 valence electrons. The lowest BCUT2D eigenvalue weighted by atomic mass is 10.1. The minimum absolute atomic E-state index is 0.0289. The van der Waals surface area contributed by atoms with Gasteiger partial charge in [0.05, 0.1) is 17.7 Å². The van der Waals surface area contributed by atoms with Gasteiger partial charge in [0.1, 0.15) is 11.9 Å². The van der Waals surface area contributed by atoms with Gasteiger partial charge in [-0.2, -0.15) is 10.4 Å². The van der Waals surface area contributed by atoms with Gasteiger partial charge in [-0.1, -0.05) is 0 Å². The third-order valence-corrected chi connectivity index (χ3v) is 3.64. The van der Waals surface area contributed by atoms with Gasteiger partial charge in [-0.05, 0) is 26.0 Å². The molecule has 0 saturated carbocycles. The summed E-state index contributed by atoms with van der Waals surface area (Å²) in [5.74, 6) is 0.649. The van der Waals surface area contributed by atoms with Crippen molar-refractivity contribution < 1.29 is 4.79 Å². The summed E-state index contributed by atoms with van der Waals surface area (Å²) in [5, 5.41) is 19.0. The number of pyridine rings is 1. The van der Waals surface area contributed by atoms with Gasteiger partial charge in [-0.25, -0.2) is 4.98 Å². The molecule has 7 heteroatoms. The van der Waals surface area contributed by atoms with Crippen molar-refractivity contribution in [1.82, 2.24) is 20.1 Å². The van der Waals surface area contributed by atoms with E-state index in [0.29, 0.717) is 30.9 Å². The van der Waals surface area contributed by atoms with Crippen molar-refractivity contribution in [2.24, 2.45) is 7.05 Å². The largest absolute Gasteiger partial charge is 0.368 e. The third-order valence-electron chi connectivity index (χ3n) is 3.64. The van der Waals surface area contributed by atoms with Crippen LogP contribution < -0.4 is 10.6 Å². The molecule has 2 aromatic rings. The number of hydrogen-bond acceptors (Lipinski definition) is 5. The fourth-order valence-corrected chi connectivity index (χ4v) is 2.25. The fraction of sp³-hybridized carbons (Fsp3) is 0.375. The van der Waals surface area contributed by atoms with Gasteiger partial charge < -0.3 is 10.6 Å². The topological polar surface area (TPSA) is 95.6 Å². The molecule has 0 aliphatic rings. The highest BCUT2D eigenvalue weighted by molar-refractivity contribution is 5.79. The molecule has 2 rings (SSSR count). The first-order chi connectivity index (χ1) is 11.0. The van der Waals surface area contributed by atoms with E-state index in [9.17, 15) is 4.79 Å². The van der Waals surface area contributed by atoms with E-state index in [1.807, 2.05) is 27.0 Å². The number of aryl methyl sites for hydroxylation is 2. The summed E-state index contributed by atoms with van der Waals surface area (Å²) in [7, 11) is 1.87. The van der Waals surface area contributed by atoms with Crippen molar-refractivity contribution >= 4 is 11.7 Å². The van der Waals surface area contributed by atoms with Gasteiger partial charge >= 0.3 is 0 Å². The highest BCUT2D eigenvalue weighted by Gasteiger charge is 2.12. The molecule has 0 aliphatic carbocycles. The Hall–Kier alpha value is -2.88. The number of carbonyl (C=O) groups excluding carboxylic acids is 1. The van der Waals surface area contributed by atoms with Crippen LogP contribution in [-0.2, 0) is 18.3 Å². The predicted molar refractivity (Wildman–Crippen MR) is 86.8 cm³/mol. The molecule has 0 saturated heterocycles. The fourth-order valence-electron chi connectivity index (χ4n) is 2.25. The predicted octanol–water partition coefficient (Wildman–Crippen LogP) is 1.07. The molecule has 7 nitrogen and oxygen atoms in total. The van der Waals surface area contributed by atoms with Gasteiger partial charge in [0.25, 0.3) is 0 Å². The van der Waals surface area contributed by atoms with Crippen molar-refractivity contribution in [3.05, 3.63) is 40.8 Å². The lowest BCUT2D eigenvalue weighted by molar-refractivity contribution is -0.120. The number of nitriles is 1. The molecular weight excluding hydrogens is 292 g/mol. The number of aromatic nitrogens is 3. The summed E-state index contributed by atoms with van der Waals surface area (Å²) in [4.78, 5) is 16.1. The number of nitrogens with zero attached hydrogens (tertiary/aromatic N) is 4. The first-order valence-corrected chi connectivity index (χ1v) is 7.37. The number of carbonyl (C=O) groups is 1. The number of nitrogens with one attached hydrogen (secondary N) is 2. The van der Waals surface area contributed by atoms with Crippen LogP contribution in [0.25, 0.3) is 0 Å². The molecule has 0 radical (unpaired) electrons. The summed E-state index contributed by atoms with van der Waals surface area (Å²) in [6.45, 7) is 4.93. The highest BCUT2D eigenvalue weighted by Crippen LogP contribution is 2.12. The maximum atomic E-state index is 12.0. The maximum Gasteiger partial charge on any atom is 0.224 e. The van der Waals surface area contributed by atoms with Crippen molar-refractivity contribution in [2.45, 2.75) is 20.3 Å². The molecule has 23 heavy (non-hydrogen) atoms. The molecule has 2 heterocycles. The van der Waals surface area contributed by atoms with Crippen LogP contribution >= 0.6 is 0 Å². The van der Waals surface area contributed by atoms with E-state index in [0.717, 1.165) is 17.0 Å². The Kier molecular flexibility index (Phi) is 5.31. The lowest BCUT2D eigenvalue weighted by Crippen LogP contribution is -2.30. The Morgan fingerprint density at radius 2 is 2.13 bits per heavy atom. The molecular formula is C16H20N6O. The molecule has 0 fully saturated rings. The first-order valence-electron chi connectivity index (χ1n) is 7.37. The Morgan fingerprint density at radius 1 is 1.35 bits per heavy atom. The van der Waals surface area contributed by atoms with Gasteiger partial charge in [0.2, 0.25) is 5.91 Å². The quantitative estimate of drug-likeness (QED) is 0.778. The maximum absolute atomic E-state index is 12.0. The second-order valence-corrected chi connectivity index (χ2v) is 5.27. The third kappa shape index (κ3) is 4.30. The molecule has 1 amide bonds. The number of rotatable bonds is 6.